The van der Waals surface area contributed by atoms with Crippen LogP contribution in [0.2, 0.25) is 5.02 Å². The Morgan fingerprint density at radius 3 is 2.21 bits per heavy atom. The molecule has 0 bridgehead atoms. The molecule has 5 heteroatoms. The lowest BCUT2D eigenvalue weighted by Gasteiger charge is -2.52. The molecule has 150 valence electrons. The summed E-state index contributed by atoms with van der Waals surface area (Å²) >= 11 is 6.46. The molecule has 0 aliphatic carbocycles. The number of halogens is 1. The van der Waals surface area contributed by atoms with Crippen molar-refractivity contribution in [2.45, 2.75) is 39.3 Å². The Hall–Kier alpha value is -1.88. The van der Waals surface area contributed by atoms with Crippen molar-refractivity contribution in [3.63, 3.8) is 0 Å². The quantitative estimate of drug-likeness (QED) is 0.683. The number of hydrazine groups is 1. The third-order valence-electron chi connectivity index (χ3n) is 5.86. The molecule has 0 saturated carbocycles. The van der Waals surface area contributed by atoms with Gasteiger partial charge in [0.2, 0.25) is 0 Å². The van der Waals surface area contributed by atoms with Crippen molar-refractivity contribution >= 4 is 17.5 Å². The number of hydrogen-bond donors (Lipinski definition) is 0. The van der Waals surface area contributed by atoms with Gasteiger partial charge in [0.1, 0.15) is 5.54 Å². The molecule has 0 radical (unpaired) electrons. The third-order valence-corrected chi connectivity index (χ3v) is 6.23. The second-order valence-corrected chi connectivity index (χ2v) is 7.57. The molecule has 28 heavy (non-hydrogen) atoms. The van der Waals surface area contributed by atoms with E-state index in [1.165, 1.54) is 0 Å². The predicted molar refractivity (Wildman–Crippen MR) is 115 cm³/mol. The minimum Gasteiger partial charge on any atom is -0.280 e. The Kier molecular flexibility index (Phi) is 6.76. The van der Waals surface area contributed by atoms with Crippen molar-refractivity contribution < 1.29 is 4.79 Å². The van der Waals surface area contributed by atoms with E-state index in [4.69, 9.17) is 11.6 Å². The largest absolute Gasteiger partial charge is 0.280 e. The minimum atomic E-state index is -0.693. The van der Waals surface area contributed by atoms with Gasteiger partial charge < -0.3 is 0 Å². The molecule has 1 aliphatic heterocycles. The highest BCUT2D eigenvalue weighted by atomic mass is 35.5. The van der Waals surface area contributed by atoms with Crippen LogP contribution in [0, 0.1) is 0 Å². The number of hydrogen-bond acceptors (Lipinski definition) is 3. The topological polar surface area (TPSA) is 26.8 Å². The van der Waals surface area contributed by atoms with Crippen molar-refractivity contribution in [1.29, 1.82) is 0 Å². The first kappa shape index (κ1) is 20.8. The van der Waals surface area contributed by atoms with E-state index in [1.54, 1.807) is 0 Å². The summed E-state index contributed by atoms with van der Waals surface area (Å²) in [5.41, 5.74) is 1.41. The van der Waals surface area contributed by atoms with Crippen LogP contribution in [0.5, 0.6) is 0 Å². The van der Waals surface area contributed by atoms with E-state index < -0.39 is 5.54 Å². The molecule has 1 atom stereocenters. The summed E-state index contributed by atoms with van der Waals surface area (Å²) in [4.78, 5) is 16.2. The predicted octanol–water partition coefficient (Wildman–Crippen LogP) is 4.55. The van der Waals surface area contributed by atoms with Gasteiger partial charge in [-0.2, -0.15) is 0 Å². The molecule has 1 heterocycles. The molecule has 4 nitrogen and oxygen atoms in total. The third kappa shape index (κ3) is 3.69. The Morgan fingerprint density at radius 2 is 1.61 bits per heavy atom. The molecule has 1 unspecified atom stereocenters. The molecule has 1 aliphatic rings. The van der Waals surface area contributed by atoms with Crippen molar-refractivity contribution in [3.8, 4) is 0 Å². The molecular weight excluding hydrogens is 370 g/mol. The fourth-order valence-corrected chi connectivity index (χ4v) is 4.53. The molecule has 1 amide bonds. The van der Waals surface area contributed by atoms with Gasteiger partial charge in [0.05, 0.1) is 6.54 Å². The summed E-state index contributed by atoms with van der Waals surface area (Å²) in [5.74, 6) is 0.156. The van der Waals surface area contributed by atoms with Gasteiger partial charge in [-0.05, 0) is 23.6 Å². The molecule has 0 N–H and O–H groups in total. The number of carbonyl (C=O) groups is 1. The van der Waals surface area contributed by atoms with Crippen LogP contribution in [-0.4, -0.2) is 47.0 Å². The summed E-state index contributed by atoms with van der Waals surface area (Å²) in [6, 6.07) is 18.1. The molecule has 1 saturated heterocycles. The summed E-state index contributed by atoms with van der Waals surface area (Å²) in [6.45, 7) is 10.1. The van der Waals surface area contributed by atoms with E-state index in [0.717, 1.165) is 35.8 Å². The zero-order valence-corrected chi connectivity index (χ0v) is 17.8. The van der Waals surface area contributed by atoms with Crippen molar-refractivity contribution in [3.05, 3.63) is 70.7 Å². The maximum absolute atomic E-state index is 13.9. The number of rotatable bonds is 7. The first-order chi connectivity index (χ1) is 13.6. The van der Waals surface area contributed by atoms with Crippen LogP contribution in [0.1, 0.15) is 38.3 Å². The Labute approximate surface area is 173 Å². The smallest absolute Gasteiger partial charge is 0.262 e. The maximum atomic E-state index is 13.9. The van der Waals surface area contributed by atoms with Crippen LogP contribution in [0.4, 0.5) is 0 Å². The van der Waals surface area contributed by atoms with Crippen LogP contribution in [0.15, 0.2) is 54.6 Å². The maximum Gasteiger partial charge on any atom is 0.262 e. The molecule has 0 aromatic heterocycles. The SMILES string of the molecule is CCN(CC)N1CCN(Cc2ccccc2Cl)C(CC)(c2ccccc2)C1=O. The van der Waals surface area contributed by atoms with E-state index in [9.17, 15) is 4.79 Å². The summed E-state index contributed by atoms with van der Waals surface area (Å²) in [7, 11) is 0. The number of piperazine rings is 1. The van der Waals surface area contributed by atoms with Gasteiger partial charge in [0.15, 0.2) is 0 Å². The summed E-state index contributed by atoms with van der Waals surface area (Å²) < 4.78 is 0. The van der Waals surface area contributed by atoms with E-state index in [2.05, 4.69) is 48.9 Å². The standard InChI is InChI=1S/C23H30ClN3O/c1-4-23(20-13-8-7-9-14-20)22(28)27(26(5-2)6-3)17-16-25(23)18-19-12-10-11-15-21(19)24/h7-15H,4-6,16-18H2,1-3H3. The minimum absolute atomic E-state index is 0.156. The van der Waals surface area contributed by atoms with Gasteiger partial charge in [0.25, 0.3) is 5.91 Å². The Morgan fingerprint density at radius 1 is 0.964 bits per heavy atom. The molecular formula is C23H30ClN3O. The van der Waals surface area contributed by atoms with Crippen LogP contribution >= 0.6 is 11.6 Å². The number of carbonyl (C=O) groups excluding carboxylic acids is 1. The van der Waals surface area contributed by atoms with E-state index in [0.29, 0.717) is 19.5 Å². The average molecular weight is 400 g/mol. The fraction of sp³-hybridized carbons (Fsp3) is 0.435. The first-order valence-corrected chi connectivity index (χ1v) is 10.6. The molecule has 0 spiro atoms. The van der Waals surface area contributed by atoms with E-state index >= 15 is 0 Å². The van der Waals surface area contributed by atoms with Crippen LogP contribution < -0.4 is 0 Å². The Balaban J connectivity index is 2.06. The van der Waals surface area contributed by atoms with Crippen LogP contribution in [0.3, 0.4) is 0 Å². The monoisotopic (exact) mass is 399 g/mol. The van der Waals surface area contributed by atoms with E-state index in [1.807, 2.05) is 41.4 Å². The highest BCUT2D eigenvalue weighted by Crippen LogP contribution is 2.39. The second kappa shape index (κ2) is 9.08. The van der Waals surface area contributed by atoms with Crippen molar-refractivity contribution in [1.82, 2.24) is 14.9 Å². The lowest BCUT2D eigenvalue weighted by atomic mass is 9.82. The molecule has 3 rings (SSSR count). The van der Waals surface area contributed by atoms with Gasteiger partial charge in [-0.1, -0.05) is 80.9 Å². The zero-order valence-electron chi connectivity index (χ0n) is 17.1. The van der Waals surface area contributed by atoms with Crippen molar-refractivity contribution in [2.75, 3.05) is 26.2 Å². The summed E-state index contributed by atoms with van der Waals surface area (Å²) in [5, 5.41) is 4.85. The molecule has 1 fully saturated rings. The average Bonchev–Trinajstić information content (AvgIpc) is 2.73. The molecule has 2 aromatic rings. The van der Waals surface area contributed by atoms with Crippen molar-refractivity contribution in [2.24, 2.45) is 0 Å². The van der Waals surface area contributed by atoms with Gasteiger partial charge in [-0.3, -0.25) is 14.7 Å². The summed E-state index contributed by atoms with van der Waals surface area (Å²) in [6.07, 6.45) is 0.706. The first-order valence-electron chi connectivity index (χ1n) is 10.2. The second-order valence-electron chi connectivity index (χ2n) is 7.16. The normalized spacial score (nSPS) is 20.8. The molecule has 2 aromatic carbocycles. The number of nitrogens with zero attached hydrogens (tertiary/aromatic N) is 3. The van der Waals surface area contributed by atoms with Crippen LogP contribution in [-0.2, 0) is 16.9 Å². The number of benzene rings is 2. The highest BCUT2D eigenvalue weighted by Gasteiger charge is 2.50. The zero-order chi connectivity index (χ0) is 20.1. The van der Waals surface area contributed by atoms with Gasteiger partial charge in [-0.15, -0.1) is 0 Å². The fourth-order valence-electron chi connectivity index (χ4n) is 4.34. The lowest BCUT2D eigenvalue weighted by molar-refractivity contribution is -0.176. The van der Waals surface area contributed by atoms with Gasteiger partial charge in [-0.25, -0.2) is 5.01 Å². The van der Waals surface area contributed by atoms with Crippen LogP contribution in [0.25, 0.3) is 0 Å². The van der Waals surface area contributed by atoms with Gasteiger partial charge in [0, 0.05) is 31.2 Å². The van der Waals surface area contributed by atoms with E-state index in [-0.39, 0.29) is 5.91 Å². The van der Waals surface area contributed by atoms with Gasteiger partial charge >= 0.3 is 0 Å². The lowest BCUT2D eigenvalue weighted by Crippen LogP contribution is -2.66. The number of amides is 1. The Bertz CT molecular complexity index is 793. The highest BCUT2D eigenvalue weighted by molar-refractivity contribution is 6.31.